The van der Waals surface area contributed by atoms with E-state index in [0.29, 0.717) is 38.5 Å². The second kappa shape index (κ2) is 8.46. The first-order valence-electron chi connectivity index (χ1n) is 9.62. The van der Waals surface area contributed by atoms with Gasteiger partial charge in [0, 0.05) is 25.2 Å². The molecule has 0 aliphatic carbocycles. The van der Waals surface area contributed by atoms with E-state index in [2.05, 4.69) is 35.9 Å². The van der Waals surface area contributed by atoms with E-state index in [0.717, 1.165) is 29.3 Å². The van der Waals surface area contributed by atoms with Crippen molar-refractivity contribution in [1.82, 2.24) is 15.1 Å². The fourth-order valence-corrected chi connectivity index (χ4v) is 3.34. The Kier molecular flexibility index (Phi) is 6.04. The molecule has 2 aromatic rings. The van der Waals surface area contributed by atoms with Crippen LogP contribution in [0, 0.1) is 19.8 Å². The Morgan fingerprint density at radius 3 is 2.70 bits per heavy atom. The third-order valence-electron chi connectivity index (χ3n) is 4.77. The maximum absolute atomic E-state index is 12.3. The molecule has 0 atom stereocenters. The second-order valence-electron chi connectivity index (χ2n) is 7.48. The van der Waals surface area contributed by atoms with E-state index >= 15 is 0 Å². The molecular formula is C21H29N3O3. The largest absolute Gasteiger partial charge is 0.486 e. The van der Waals surface area contributed by atoms with Crippen molar-refractivity contribution >= 4 is 5.91 Å². The highest BCUT2D eigenvalue weighted by Gasteiger charge is 2.15. The fourth-order valence-electron chi connectivity index (χ4n) is 3.34. The number of nitrogens with zero attached hydrogens (tertiary/aromatic N) is 2. The summed E-state index contributed by atoms with van der Waals surface area (Å²) in [7, 11) is 0. The average molecular weight is 371 g/mol. The predicted molar refractivity (Wildman–Crippen MR) is 104 cm³/mol. The normalized spacial score (nSPS) is 13.1. The lowest BCUT2D eigenvalue weighted by molar-refractivity contribution is -0.121. The lowest BCUT2D eigenvalue weighted by Crippen LogP contribution is -2.23. The summed E-state index contributed by atoms with van der Waals surface area (Å²) in [6, 6.07) is 5.78. The van der Waals surface area contributed by atoms with Crippen molar-refractivity contribution < 1.29 is 14.3 Å². The number of carbonyl (C=O) groups excluding carboxylic acids is 1. The lowest BCUT2D eigenvalue weighted by Gasteiger charge is -2.19. The van der Waals surface area contributed by atoms with Crippen LogP contribution >= 0.6 is 0 Å². The number of aryl methyl sites for hydroxylation is 1. The van der Waals surface area contributed by atoms with Gasteiger partial charge in [0.2, 0.25) is 5.91 Å². The van der Waals surface area contributed by atoms with Crippen molar-refractivity contribution in [3.8, 4) is 11.5 Å². The number of benzene rings is 1. The summed E-state index contributed by atoms with van der Waals surface area (Å²) >= 11 is 0. The van der Waals surface area contributed by atoms with E-state index in [9.17, 15) is 4.79 Å². The summed E-state index contributed by atoms with van der Waals surface area (Å²) < 4.78 is 13.2. The quantitative estimate of drug-likeness (QED) is 0.812. The van der Waals surface area contributed by atoms with Crippen LogP contribution in [-0.2, 0) is 24.3 Å². The Hall–Kier alpha value is -2.50. The number of carbonyl (C=O) groups is 1. The van der Waals surface area contributed by atoms with E-state index < -0.39 is 0 Å². The summed E-state index contributed by atoms with van der Waals surface area (Å²) in [5, 5.41) is 7.61. The van der Waals surface area contributed by atoms with Crippen molar-refractivity contribution in [2.24, 2.45) is 5.92 Å². The molecule has 1 N–H and O–H groups in total. The number of rotatable bonds is 7. The standard InChI is InChI=1S/C21H29N3O3/c1-14(2)13-24-16(4)18(15(3)23-24)6-8-21(25)22-12-17-5-7-19-20(11-17)27-10-9-26-19/h5,7,11,14H,6,8-10,12-13H2,1-4H3,(H,22,25). The highest BCUT2D eigenvalue weighted by molar-refractivity contribution is 5.76. The minimum Gasteiger partial charge on any atom is -0.486 e. The van der Waals surface area contributed by atoms with Crippen LogP contribution in [0.5, 0.6) is 11.5 Å². The summed E-state index contributed by atoms with van der Waals surface area (Å²) in [4.78, 5) is 12.3. The Bertz CT molecular complexity index is 811. The molecule has 0 unspecified atom stereocenters. The summed E-state index contributed by atoms with van der Waals surface area (Å²) in [5.74, 6) is 2.10. The van der Waals surface area contributed by atoms with Gasteiger partial charge in [-0.05, 0) is 49.4 Å². The van der Waals surface area contributed by atoms with Crippen molar-refractivity contribution in [3.05, 3.63) is 40.7 Å². The number of hydrogen-bond acceptors (Lipinski definition) is 4. The first kappa shape index (κ1) is 19.3. The minimum atomic E-state index is 0.0419. The minimum absolute atomic E-state index is 0.0419. The van der Waals surface area contributed by atoms with Gasteiger partial charge in [-0.2, -0.15) is 5.10 Å². The molecule has 146 valence electrons. The van der Waals surface area contributed by atoms with Gasteiger partial charge < -0.3 is 14.8 Å². The topological polar surface area (TPSA) is 65.4 Å². The molecule has 0 saturated carbocycles. The molecule has 0 saturated heterocycles. The van der Waals surface area contributed by atoms with Crippen LogP contribution < -0.4 is 14.8 Å². The molecule has 1 amide bonds. The number of hydrogen-bond donors (Lipinski definition) is 1. The summed E-state index contributed by atoms with van der Waals surface area (Å²) in [6.07, 6.45) is 1.17. The molecular weight excluding hydrogens is 342 g/mol. The maximum Gasteiger partial charge on any atom is 0.220 e. The highest BCUT2D eigenvalue weighted by atomic mass is 16.6. The van der Waals surface area contributed by atoms with E-state index in [-0.39, 0.29) is 5.91 Å². The van der Waals surface area contributed by atoms with Gasteiger partial charge in [-0.3, -0.25) is 9.48 Å². The van der Waals surface area contributed by atoms with Crippen LogP contribution in [0.4, 0.5) is 0 Å². The first-order valence-corrected chi connectivity index (χ1v) is 9.62. The third kappa shape index (κ3) is 4.81. The van der Waals surface area contributed by atoms with E-state index in [1.165, 1.54) is 11.3 Å². The summed E-state index contributed by atoms with van der Waals surface area (Å²) in [6.45, 7) is 11.0. The molecule has 3 rings (SSSR count). The second-order valence-corrected chi connectivity index (χ2v) is 7.48. The van der Waals surface area contributed by atoms with Gasteiger partial charge in [-0.25, -0.2) is 0 Å². The molecule has 0 spiro atoms. The Morgan fingerprint density at radius 1 is 1.22 bits per heavy atom. The Morgan fingerprint density at radius 2 is 1.96 bits per heavy atom. The molecule has 27 heavy (non-hydrogen) atoms. The summed E-state index contributed by atoms with van der Waals surface area (Å²) in [5.41, 5.74) is 4.38. The Balaban J connectivity index is 1.52. The zero-order chi connectivity index (χ0) is 19.4. The molecule has 0 fully saturated rings. The van der Waals surface area contributed by atoms with Gasteiger partial charge in [0.1, 0.15) is 13.2 Å². The number of nitrogens with one attached hydrogen (secondary N) is 1. The molecule has 1 aromatic heterocycles. The van der Waals surface area contributed by atoms with Crippen LogP contribution in [0.2, 0.25) is 0 Å². The van der Waals surface area contributed by atoms with Crippen LogP contribution in [0.3, 0.4) is 0 Å². The van der Waals surface area contributed by atoms with Crippen molar-refractivity contribution in [2.45, 2.75) is 53.6 Å². The highest BCUT2D eigenvalue weighted by Crippen LogP contribution is 2.30. The molecule has 6 nitrogen and oxygen atoms in total. The van der Waals surface area contributed by atoms with Crippen LogP contribution in [-0.4, -0.2) is 28.9 Å². The van der Waals surface area contributed by atoms with Gasteiger partial charge in [-0.1, -0.05) is 19.9 Å². The van der Waals surface area contributed by atoms with E-state index in [1.54, 1.807) is 0 Å². The van der Waals surface area contributed by atoms with Gasteiger partial charge in [0.15, 0.2) is 11.5 Å². The third-order valence-corrected chi connectivity index (χ3v) is 4.77. The molecule has 6 heteroatoms. The van der Waals surface area contributed by atoms with Gasteiger partial charge >= 0.3 is 0 Å². The lowest BCUT2D eigenvalue weighted by atomic mass is 10.1. The maximum atomic E-state index is 12.3. The fraction of sp³-hybridized carbons (Fsp3) is 0.524. The van der Waals surface area contributed by atoms with Crippen LogP contribution in [0.15, 0.2) is 18.2 Å². The monoisotopic (exact) mass is 371 g/mol. The molecule has 1 aliphatic heterocycles. The first-order chi connectivity index (χ1) is 12.9. The van der Waals surface area contributed by atoms with E-state index in [1.807, 2.05) is 25.1 Å². The number of aromatic nitrogens is 2. The number of amides is 1. The van der Waals surface area contributed by atoms with Gasteiger partial charge in [0.05, 0.1) is 5.69 Å². The molecule has 1 aliphatic rings. The van der Waals surface area contributed by atoms with Gasteiger partial charge in [-0.15, -0.1) is 0 Å². The molecule has 0 bridgehead atoms. The van der Waals surface area contributed by atoms with Crippen molar-refractivity contribution in [1.29, 1.82) is 0 Å². The average Bonchev–Trinajstić information content (AvgIpc) is 2.90. The van der Waals surface area contributed by atoms with Crippen molar-refractivity contribution in [2.75, 3.05) is 13.2 Å². The van der Waals surface area contributed by atoms with E-state index in [4.69, 9.17) is 9.47 Å². The van der Waals surface area contributed by atoms with Crippen LogP contribution in [0.25, 0.3) is 0 Å². The Labute approximate surface area is 160 Å². The molecule has 2 heterocycles. The van der Waals surface area contributed by atoms with Crippen molar-refractivity contribution in [3.63, 3.8) is 0 Å². The SMILES string of the molecule is Cc1nn(CC(C)C)c(C)c1CCC(=O)NCc1ccc2c(c1)OCCO2. The number of ether oxygens (including phenoxy) is 2. The number of fused-ring (bicyclic) bond motifs is 1. The van der Waals surface area contributed by atoms with Crippen LogP contribution in [0.1, 0.15) is 42.8 Å². The smallest absolute Gasteiger partial charge is 0.220 e. The van der Waals surface area contributed by atoms with Gasteiger partial charge in [0.25, 0.3) is 0 Å². The molecule has 1 aromatic carbocycles. The predicted octanol–water partition coefficient (Wildman–Crippen LogP) is 3.18. The molecule has 0 radical (unpaired) electrons. The zero-order valence-electron chi connectivity index (χ0n) is 16.7. The zero-order valence-corrected chi connectivity index (χ0v) is 16.7.